The first-order chi connectivity index (χ1) is 13.4. The minimum atomic E-state index is -3.30. The maximum atomic E-state index is 12.0. The first-order valence-electron chi connectivity index (χ1n) is 9.44. The molecule has 0 atom stereocenters. The fourth-order valence-corrected chi connectivity index (χ4v) is 4.18. The van der Waals surface area contributed by atoms with E-state index in [1.54, 1.807) is 7.05 Å². The molecule has 0 spiro atoms. The largest absolute Gasteiger partial charge is 0.356 e. The molecule has 2 aromatic carbocycles. The van der Waals surface area contributed by atoms with Crippen molar-refractivity contribution >= 4 is 16.0 Å². The Kier molecular flexibility index (Phi) is 8.47. The summed E-state index contributed by atoms with van der Waals surface area (Å²) >= 11 is 0. The lowest BCUT2D eigenvalue weighted by Crippen LogP contribution is -2.37. The van der Waals surface area contributed by atoms with Gasteiger partial charge in [-0.2, -0.15) is 0 Å². The van der Waals surface area contributed by atoms with Gasteiger partial charge in [0.25, 0.3) is 0 Å². The highest BCUT2D eigenvalue weighted by Crippen LogP contribution is 2.08. The van der Waals surface area contributed by atoms with Gasteiger partial charge in [0, 0.05) is 26.2 Å². The summed E-state index contributed by atoms with van der Waals surface area (Å²) in [7, 11) is -1.56. The van der Waals surface area contributed by atoms with E-state index in [-0.39, 0.29) is 11.8 Å². The van der Waals surface area contributed by atoms with Crippen molar-refractivity contribution in [3.8, 4) is 0 Å². The Balaban J connectivity index is 1.79. The second kappa shape index (κ2) is 10.8. The van der Waals surface area contributed by atoms with Crippen molar-refractivity contribution in [2.75, 3.05) is 13.6 Å². The molecule has 0 radical (unpaired) electrons. The summed E-state index contributed by atoms with van der Waals surface area (Å²) in [4.78, 5) is 4.23. The van der Waals surface area contributed by atoms with Crippen LogP contribution in [0.4, 0.5) is 0 Å². The Bertz CT molecular complexity index is 848. The van der Waals surface area contributed by atoms with Crippen molar-refractivity contribution in [2.24, 2.45) is 4.99 Å². The zero-order chi connectivity index (χ0) is 20.4. The maximum Gasteiger partial charge on any atom is 0.216 e. The first-order valence-corrected chi connectivity index (χ1v) is 11.1. The standard InChI is InChI=1S/C21H30N4O2S/c1-17(2)25-28(26,27)16-20-11-9-19(10-12-20)15-24-21(22-3)23-14-13-18-7-5-4-6-8-18/h4-12,17,25H,13-16H2,1-3H3,(H2,22,23,24). The molecule has 0 saturated heterocycles. The van der Waals surface area contributed by atoms with E-state index in [1.807, 2.05) is 56.3 Å². The van der Waals surface area contributed by atoms with Crippen molar-refractivity contribution < 1.29 is 8.42 Å². The van der Waals surface area contributed by atoms with Crippen molar-refractivity contribution in [3.05, 3.63) is 71.3 Å². The summed E-state index contributed by atoms with van der Waals surface area (Å²) in [6, 6.07) is 17.8. The van der Waals surface area contributed by atoms with Gasteiger partial charge >= 0.3 is 0 Å². The maximum absolute atomic E-state index is 12.0. The number of nitrogens with one attached hydrogen (secondary N) is 3. The highest BCUT2D eigenvalue weighted by Gasteiger charge is 2.12. The van der Waals surface area contributed by atoms with E-state index in [0.29, 0.717) is 6.54 Å². The topological polar surface area (TPSA) is 82.6 Å². The van der Waals surface area contributed by atoms with Crippen LogP contribution in [-0.2, 0) is 28.7 Å². The Hall–Kier alpha value is -2.38. The normalized spacial score (nSPS) is 12.2. The third-order valence-corrected chi connectivity index (χ3v) is 5.57. The molecule has 0 unspecified atom stereocenters. The highest BCUT2D eigenvalue weighted by atomic mass is 32.2. The fourth-order valence-electron chi connectivity index (χ4n) is 2.75. The van der Waals surface area contributed by atoms with Gasteiger partial charge in [0.2, 0.25) is 10.0 Å². The Morgan fingerprint density at radius 1 is 0.929 bits per heavy atom. The number of hydrogen-bond donors (Lipinski definition) is 3. The molecule has 0 aromatic heterocycles. The van der Waals surface area contributed by atoms with Crippen molar-refractivity contribution in [1.82, 2.24) is 15.4 Å². The number of benzene rings is 2. The zero-order valence-corrected chi connectivity index (χ0v) is 17.6. The average molecular weight is 403 g/mol. The molecule has 0 aliphatic rings. The van der Waals surface area contributed by atoms with E-state index < -0.39 is 10.0 Å². The van der Waals surface area contributed by atoms with E-state index in [9.17, 15) is 8.42 Å². The van der Waals surface area contributed by atoms with E-state index in [1.165, 1.54) is 5.56 Å². The second-order valence-corrected chi connectivity index (χ2v) is 8.69. The number of sulfonamides is 1. The van der Waals surface area contributed by atoms with Crippen LogP contribution in [0.2, 0.25) is 0 Å². The van der Waals surface area contributed by atoms with Gasteiger partial charge in [-0.05, 0) is 37.0 Å². The minimum Gasteiger partial charge on any atom is -0.356 e. The van der Waals surface area contributed by atoms with E-state index in [2.05, 4.69) is 32.5 Å². The molecule has 28 heavy (non-hydrogen) atoms. The molecule has 3 N–H and O–H groups in total. The predicted octanol–water partition coefficient (Wildman–Crippen LogP) is 2.42. The van der Waals surface area contributed by atoms with E-state index >= 15 is 0 Å². The van der Waals surface area contributed by atoms with Crippen LogP contribution >= 0.6 is 0 Å². The van der Waals surface area contributed by atoms with E-state index in [0.717, 1.165) is 30.1 Å². The van der Waals surface area contributed by atoms with Crippen LogP contribution in [0.25, 0.3) is 0 Å². The lowest BCUT2D eigenvalue weighted by atomic mass is 10.1. The summed E-state index contributed by atoms with van der Waals surface area (Å²) in [5, 5.41) is 6.57. The quantitative estimate of drug-likeness (QED) is 0.444. The Morgan fingerprint density at radius 3 is 2.18 bits per heavy atom. The molecule has 0 aliphatic heterocycles. The van der Waals surface area contributed by atoms with Gasteiger partial charge in [-0.1, -0.05) is 54.6 Å². The second-order valence-electron chi connectivity index (χ2n) is 6.94. The number of rotatable bonds is 9. The van der Waals surface area contributed by atoms with Crippen LogP contribution in [0.3, 0.4) is 0 Å². The minimum absolute atomic E-state index is 0.0123. The summed E-state index contributed by atoms with van der Waals surface area (Å²) in [6.45, 7) is 5.03. The molecule has 7 heteroatoms. The molecule has 2 rings (SSSR count). The number of guanidine groups is 1. The number of nitrogens with zero attached hydrogens (tertiary/aromatic N) is 1. The molecule has 0 amide bonds. The Labute approximate surface area is 168 Å². The van der Waals surface area contributed by atoms with Crippen LogP contribution in [0, 0.1) is 0 Å². The molecule has 0 aliphatic carbocycles. The van der Waals surface area contributed by atoms with Crippen LogP contribution in [0.1, 0.15) is 30.5 Å². The lowest BCUT2D eigenvalue weighted by Gasteiger charge is -2.13. The SMILES string of the molecule is CN=C(NCCc1ccccc1)NCc1ccc(CS(=O)(=O)NC(C)C)cc1. The zero-order valence-electron chi connectivity index (χ0n) is 16.8. The summed E-state index contributed by atoms with van der Waals surface area (Å²) in [5.41, 5.74) is 3.11. The molecule has 0 bridgehead atoms. The lowest BCUT2D eigenvalue weighted by molar-refractivity contribution is 0.569. The molecule has 6 nitrogen and oxygen atoms in total. The van der Waals surface area contributed by atoms with Crippen LogP contribution < -0.4 is 15.4 Å². The number of hydrogen-bond acceptors (Lipinski definition) is 3. The molecular formula is C21H30N4O2S. The van der Waals surface area contributed by atoms with Gasteiger partial charge in [-0.25, -0.2) is 13.1 Å². The van der Waals surface area contributed by atoms with Crippen LogP contribution in [0.5, 0.6) is 0 Å². The molecule has 2 aromatic rings. The van der Waals surface area contributed by atoms with Crippen LogP contribution in [0.15, 0.2) is 59.6 Å². The van der Waals surface area contributed by atoms with Crippen LogP contribution in [-0.4, -0.2) is 34.0 Å². The molecular weight excluding hydrogens is 372 g/mol. The number of aliphatic imine (C=N–C) groups is 1. The van der Waals surface area contributed by atoms with Crippen molar-refractivity contribution in [1.29, 1.82) is 0 Å². The van der Waals surface area contributed by atoms with Gasteiger partial charge in [0.05, 0.1) is 5.75 Å². The van der Waals surface area contributed by atoms with Gasteiger partial charge in [-0.15, -0.1) is 0 Å². The third kappa shape index (κ3) is 8.10. The predicted molar refractivity (Wildman–Crippen MR) is 116 cm³/mol. The first kappa shape index (κ1) is 21.9. The molecule has 0 fully saturated rings. The van der Waals surface area contributed by atoms with Gasteiger partial charge in [0.1, 0.15) is 0 Å². The Morgan fingerprint density at radius 2 is 1.57 bits per heavy atom. The fraction of sp³-hybridized carbons (Fsp3) is 0.381. The van der Waals surface area contributed by atoms with Crippen molar-refractivity contribution in [3.63, 3.8) is 0 Å². The van der Waals surface area contributed by atoms with Gasteiger partial charge in [-0.3, -0.25) is 4.99 Å². The molecule has 0 saturated carbocycles. The van der Waals surface area contributed by atoms with Gasteiger partial charge < -0.3 is 10.6 Å². The van der Waals surface area contributed by atoms with Gasteiger partial charge in [0.15, 0.2) is 5.96 Å². The smallest absolute Gasteiger partial charge is 0.216 e. The summed E-state index contributed by atoms with van der Waals surface area (Å²) in [5.74, 6) is 0.727. The molecule has 0 heterocycles. The summed E-state index contributed by atoms with van der Waals surface area (Å²) in [6.07, 6.45) is 0.926. The highest BCUT2D eigenvalue weighted by molar-refractivity contribution is 7.88. The molecule has 152 valence electrons. The summed E-state index contributed by atoms with van der Waals surface area (Å²) < 4.78 is 26.6. The monoisotopic (exact) mass is 402 g/mol. The van der Waals surface area contributed by atoms with E-state index in [4.69, 9.17) is 0 Å². The average Bonchev–Trinajstić information content (AvgIpc) is 2.65. The third-order valence-electron chi connectivity index (χ3n) is 4.03. The van der Waals surface area contributed by atoms with Crippen molar-refractivity contribution in [2.45, 2.75) is 38.6 Å².